The number of amides is 2. The van der Waals surface area contributed by atoms with E-state index in [1.54, 1.807) is 6.20 Å². The Hall–Kier alpha value is -1.62. The Morgan fingerprint density at radius 2 is 2.29 bits per heavy atom. The molecule has 1 aromatic rings. The predicted octanol–water partition coefficient (Wildman–Crippen LogP) is 0.882. The van der Waals surface area contributed by atoms with E-state index in [2.05, 4.69) is 4.98 Å². The molecule has 2 rings (SSSR count). The minimum Gasteiger partial charge on any atom is -0.369 e. The normalized spacial score (nSPS) is 19.8. The van der Waals surface area contributed by atoms with Crippen LogP contribution in [0, 0.1) is 12.8 Å². The second kappa shape index (κ2) is 4.33. The van der Waals surface area contributed by atoms with E-state index in [0.29, 0.717) is 17.3 Å². The minimum absolute atomic E-state index is 0.134. The molecule has 1 aliphatic heterocycles. The van der Waals surface area contributed by atoms with Gasteiger partial charge in [-0.15, -0.1) is 0 Å². The quantitative estimate of drug-likeness (QED) is 0.850. The Morgan fingerprint density at radius 3 is 2.82 bits per heavy atom. The zero-order chi connectivity index (χ0) is 12.6. The Labute approximate surface area is 104 Å². The second-order valence-electron chi connectivity index (χ2n) is 4.09. The van der Waals surface area contributed by atoms with Crippen molar-refractivity contribution in [1.29, 1.82) is 0 Å². The number of hydrogen-bond donors (Lipinski definition) is 1. The van der Waals surface area contributed by atoms with Gasteiger partial charge in [-0.25, -0.2) is 0 Å². The van der Waals surface area contributed by atoms with Crippen LogP contribution in [0.4, 0.5) is 5.69 Å². The third-order valence-corrected chi connectivity index (χ3v) is 3.13. The van der Waals surface area contributed by atoms with Crippen LogP contribution in [-0.4, -0.2) is 23.3 Å². The number of rotatable bonds is 2. The standard InChI is InChI=1S/C11H12ClN3O2/c1-6-3-14-4-8(12)10(6)15-5-7(11(13)17)2-9(15)16/h3-4,7H,2,5H2,1H3,(H2,13,17). The number of nitrogens with two attached hydrogens (primary N) is 1. The molecule has 0 saturated carbocycles. The molecule has 1 unspecified atom stereocenters. The van der Waals surface area contributed by atoms with Crippen LogP contribution in [0.15, 0.2) is 12.4 Å². The molecule has 17 heavy (non-hydrogen) atoms. The van der Waals surface area contributed by atoms with E-state index in [1.807, 2.05) is 6.92 Å². The average molecular weight is 254 g/mol. The van der Waals surface area contributed by atoms with Crippen LogP contribution >= 0.6 is 11.6 Å². The van der Waals surface area contributed by atoms with Crippen molar-refractivity contribution in [2.75, 3.05) is 11.4 Å². The van der Waals surface area contributed by atoms with Gasteiger partial charge in [0.2, 0.25) is 11.8 Å². The molecule has 1 fully saturated rings. The number of primary amides is 1. The maximum absolute atomic E-state index is 11.8. The molecule has 90 valence electrons. The van der Waals surface area contributed by atoms with Crippen LogP contribution in [0.25, 0.3) is 0 Å². The van der Waals surface area contributed by atoms with E-state index in [0.717, 1.165) is 5.56 Å². The maximum Gasteiger partial charge on any atom is 0.227 e. The van der Waals surface area contributed by atoms with Crippen molar-refractivity contribution in [2.45, 2.75) is 13.3 Å². The highest BCUT2D eigenvalue weighted by atomic mass is 35.5. The topological polar surface area (TPSA) is 76.3 Å². The van der Waals surface area contributed by atoms with Gasteiger partial charge in [-0.3, -0.25) is 14.6 Å². The van der Waals surface area contributed by atoms with Gasteiger partial charge in [0.05, 0.1) is 16.6 Å². The molecule has 1 saturated heterocycles. The maximum atomic E-state index is 11.8. The monoisotopic (exact) mass is 253 g/mol. The van der Waals surface area contributed by atoms with Gasteiger partial charge in [0.1, 0.15) is 0 Å². The van der Waals surface area contributed by atoms with E-state index < -0.39 is 11.8 Å². The fourth-order valence-corrected chi connectivity index (χ4v) is 2.29. The lowest BCUT2D eigenvalue weighted by Gasteiger charge is -2.19. The van der Waals surface area contributed by atoms with Crippen molar-refractivity contribution in [3.05, 3.63) is 23.0 Å². The molecule has 0 radical (unpaired) electrons. The lowest BCUT2D eigenvalue weighted by molar-refractivity contribution is -0.123. The molecule has 1 atom stereocenters. The summed E-state index contributed by atoms with van der Waals surface area (Å²) < 4.78 is 0. The summed E-state index contributed by atoms with van der Waals surface area (Å²) in [5, 5.41) is 0.406. The Kier molecular flexibility index (Phi) is 3.02. The smallest absolute Gasteiger partial charge is 0.227 e. The van der Waals surface area contributed by atoms with Crippen molar-refractivity contribution in [3.8, 4) is 0 Å². The Morgan fingerprint density at radius 1 is 1.59 bits per heavy atom. The summed E-state index contributed by atoms with van der Waals surface area (Å²) in [6.45, 7) is 2.11. The highest BCUT2D eigenvalue weighted by Crippen LogP contribution is 2.33. The van der Waals surface area contributed by atoms with Gasteiger partial charge in [0.15, 0.2) is 0 Å². The van der Waals surface area contributed by atoms with Crippen molar-refractivity contribution in [1.82, 2.24) is 4.98 Å². The number of aromatic nitrogens is 1. The number of halogens is 1. The molecule has 0 spiro atoms. The van der Waals surface area contributed by atoms with Gasteiger partial charge in [-0.1, -0.05) is 11.6 Å². The molecule has 1 aliphatic rings. The van der Waals surface area contributed by atoms with Crippen molar-refractivity contribution in [2.24, 2.45) is 11.7 Å². The van der Waals surface area contributed by atoms with E-state index in [9.17, 15) is 9.59 Å². The van der Waals surface area contributed by atoms with Gasteiger partial charge < -0.3 is 10.6 Å². The number of nitrogens with zero attached hydrogens (tertiary/aromatic N) is 2. The Balaban J connectivity index is 2.35. The average Bonchev–Trinajstić information content (AvgIpc) is 2.61. The van der Waals surface area contributed by atoms with Gasteiger partial charge in [0, 0.05) is 25.4 Å². The summed E-state index contributed by atoms with van der Waals surface area (Å²) in [4.78, 5) is 28.4. The first kappa shape index (κ1) is 11.9. The van der Waals surface area contributed by atoms with Gasteiger partial charge >= 0.3 is 0 Å². The van der Waals surface area contributed by atoms with E-state index in [-0.39, 0.29) is 12.3 Å². The largest absolute Gasteiger partial charge is 0.369 e. The third kappa shape index (κ3) is 2.10. The first-order chi connectivity index (χ1) is 8.00. The van der Waals surface area contributed by atoms with Crippen molar-refractivity contribution >= 4 is 29.1 Å². The van der Waals surface area contributed by atoms with E-state index in [4.69, 9.17) is 17.3 Å². The first-order valence-corrected chi connectivity index (χ1v) is 5.58. The molecular weight excluding hydrogens is 242 g/mol. The number of aryl methyl sites for hydroxylation is 1. The molecule has 0 aromatic carbocycles. The highest BCUT2D eigenvalue weighted by Gasteiger charge is 2.35. The highest BCUT2D eigenvalue weighted by molar-refractivity contribution is 6.34. The first-order valence-electron chi connectivity index (χ1n) is 5.20. The molecule has 0 aliphatic carbocycles. The summed E-state index contributed by atoms with van der Waals surface area (Å²) >= 11 is 6.03. The molecule has 1 aromatic heterocycles. The number of carbonyl (C=O) groups is 2. The zero-order valence-electron chi connectivity index (χ0n) is 9.31. The SMILES string of the molecule is Cc1cncc(Cl)c1N1CC(C(N)=O)CC1=O. The molecular formula is C11H12ClN3O2. The van der Waals surface area contributed by atoms with E-state index >= 15 is 0 Å². The number of carbonyl (C=O) groups excluding carboxylic acids is 2. The number of anilines is 1. The van der Waals surface area contributed by atoms with Crippen LogP contribution in [0.3, 0.4) is 0 Å². The predicted molar refractivity (Wildman–Crippen MR) is 63.6 cm³/mol. The molecule has 2 heterocycles. The van der Waals surface area contributed by atoms with E-state index in [1.165, 1.54) is 11.1 Å². The molecule has 2 amide bonds. The number of hydrogen-bond acceptors (Lipinski definition) is 3. The lowest BCUT2D eigenvalue weighted by atomic mass is 10.1. The summed E-state index contributed by atoms with van der Waals surface area (Å²) in [5.41, 5.74) is 6.64. The minimum atomic E-state index is -0.455. The van der Waals surface area contributed by atoms with Crippen LogP contribution in [0.1, 0.15) is 12.0 Å². The Bertz CT molecular complexity index is 469. The second-order valence-corrected chi connectivity index (χ2v) is 4.50. The lowest BCUT2D eigenvalue weighted by Crippen LogP contribution is -2.29. The fourth-order valence-electron chi connectivity index (χ4n) is 1.98. The summed E-state index contributed by atoms with van der Waals surface area (Å²) in [5.74, 6) is -1.03. The summed E-state index contributed by atoms with van der Waals surface area (Å²) in [6.07, 6.45) is 3.26. The van der Waals surface area contributed by atoms with Crippen LogP contribution in [0.5, 0.6) is 0 Å². The van der Waals surface area contributed by atoms with Gasteiger partial charge in [0.25, 0.3) is 0 Å². The third-order valence-electron chi connectivity index (χ3n) is 2.85. The number of pyridine rings is 1. The molecule has 5 nitrogen and oxygen atoms in total. The van der Waals surface area contributed by atoms with Crippen LogP contribution in [-0.2, 0) is 9.59 Å². The molecule has 0 bridgehead atoms. The van der Waals surface area contributed by atoms with Gasteiger partial charge in [-0.05, 0) is 12.5 Å². The molecule has 2 N–H and O–H groups in total. The van der Waals surface area contributed by atoms with Gasteiger partial charge in [-0.2, -0.15) is 0 Å². The zero-order valence-corrected chi connectivity index (χ0v) is 10.1. The van der Waals surface area contributed by atoms with Crippen molar-refractivity contribution in [3.63, 3.8) is 0 Å². The summed E-state index contributed by atoms with van der Waals surface area (Å²) in [7, 11) is 0. The fraction of sp³-hybridized carbons (Fsp3) is 0.364. The van der Waals surface area contributed by atoms with Crippen LogP contribution < -0.4 is 10.6 Å². The molecule has 6 heteroatoms. The van der Waals surface area contributed by atoms with Crippen LogP contribution in [0.2, 0.25) is 5.02 Å². The van der Waals surface area contributed by atoms with Crippen molar-refractivity contribution < 1.29 is 9.59 Å². The summed E-state index contributed by atoms with van der Waals surface area (Å²) in [6, 6.07) is 0.